The first-order valence-electron chi connectivity index (χ1n) is 5.46. The van der Waals surface area contributed by atoms with Crippen LogP contribution in [0.2, 0.25) is 5.15 Å². The lowest BCUT2D eigenvalue weighted by atomic mass is 10.0. The second-order valence-corrected chi connectivity index (χ2v) is 4.18. The highest BCUT2D eigenvalue weighted by Crippen LogP contribution is 2.24. The highest BCUT2D eigenvalue weighted by Gasteiger charge is 2.13. The fourth-order valence-corrected chi connectivity index (χ4v) is 1.88. The predicted molar refractivity (Wildman–Crippen MR) is 71.4 cm³/mol. The predicted octanol–water partition coefficient (Wildman–Crippen LogP) is 2.30. The zero-order valence-electron chi connectivity index (χ0n) is 9.93. The molecule has 1 heterocycles. The molecule has 94 valence electrons. The number of nitrogens with two attached hydrogens (primary N) is 1. The molecule has 1 atom stereocenters. The average molecular weight is 264 g/mol. The van der Waals surface area contributed by atoms with Gasteiger partial charge in [-0.2, -0.15) is 0 Å². The van der Waals surface area contributed by atoms with Crippen LogP contribution in [0.1, 0.15) is 17.2 Å². The van der Waals surface area contributed by atoms with Gasteiger partial charge < -0.3 is 4.74 Å². The number of hydrazine groups is 1. The summed E-state index contributed by atoms with van der Waals surface area (Å²) in [7, 11) is 1.63. The smallest absolute Gasteiger partial charge is 0.129 e. The molecule has 0 saturated heterocycles. The van der Waals surface area contributed by atoms with Gasteiger partial charge in [-0.25, -0.2) is 10.4 Å². The van der Waals surface area contributed by atoms with Crippen LogP contribution >= 0.6 is 11.6 Å². The number of rotatable bonds is 4. The maximum atomic E-state index is 5.77. The van der Waals surface area contributed by atoms with Crippen molar-refractivity contribution in [2.75, 3.05) is 7.11 Å². The maximum Gasteiger partial charge on any atom is 0.129 e. The number of nitrogens with zero attached hydrogens (tertiary/aromatic N) is 1. The van der Waals surface area contributed by atoms with Crippen molar-refractivity contribution in [3.8, 4) is 5.75 Å². The largest absolute Gasteiger partial charge is 0.497 e. The van der Waals surface area contributed by atoms with Gasteiger partial charge in [-0.05, 0) is 29.3 Å². The van der Waals surface area contributed by atoms with Gasteiger partial charge in [0.2, 0.25) is 0 Å². The number of nitrogens with one attached hydrogen (secondary N) is 1. The highest BCUT2D eigenvalue weighted by molar-refractivity contribution is 6.29. The van der Waals surface area contributed by atoms with Crippen molar-refractivity contribution in [3.63, 3.8) is 0 Å². The summed E-state index contributed by atoms with van der Waals surface area (Å²) in [6, 6.07) is 11.2. The number of ether oxygens (including phenoxy) is 1. The summed E-state index contributed by atoms with van der Waals surface area (Å²) in [6.07, 6.45) is 1.70. The molecule has 2 rings (SSSR count). The number of hydrogen-bond acceptors (Lipinski definition) is 4. The number of aromatic nitrogens is 1. The molecule has 3 N–H and O–H groups in total. The van der Waals surface area contributed by atoms with Crippen LogP contribution in [0.25, 0.3) is 0 Å². The molecule has 0 radical (unpaired) electrons. The summed E-state index contributed by atoms with van der Waals surface area (Å²) in [5.41, 5.74) is 4.71. The summed E-state index contributed by atoms with van der Waals surface area (Å²) in [6.45, 7) is 0. The van der Waals surface area contributed by atoms with Gasteiger partial charge >= 0.3 is 0 Å². The number of benzene rings is 1. The molecule has 18 heavy (non-hydrogen) atoms. The monoisotopic (exact) mass is 263 g/mol. The van der Waals surface area contributed by atoms with Gasteiger partial charge in [0.05, 0.1) is 13.2 Å². The van der Waals surface area contributed by atoms with Crippen LogP contribution in [0.3, 0.4) is 0 Å². The van der Waals surface area contributed by atoms with Crippen LogP contribution in [-0.2, 0) is 0 Å². The summed E-state index contributed by atoms with van der Waals surface area (Å²) >= 11 is 5.77. The first-order chi connectivity index (χ1) is 8.74. The van der Waals surface area contributed by atoms with Gasteiger partial charge in [0.25, 0.3) is 0 Å². The Bertz CT molecular complexity index is 516. The Hall–Kier alpha value is -1.62. The van der Waals surface area contributed by atoms with Crippen molar-refractivity contribution in [1.82, 2.24) is 10.4 Å². The molecule has 0 aliphatic rings. The van der Waals surface area contributed by atoms with E-state index in [1.165, 1.54) is 0 Å². The van der Waals surface area contributed by atoms with E-state index < -0.39 is 0 Å². The zero-order valence-corrected chi connectivity index (χ0v) is 10.7. The van der Waals surface area contributed by atoms with Crippen LogP contribution < -0.4 is 16.0 Å². The van der Waals surface area contributed by atoms with Gasteiger partial charge in [0, 0.05) is 6.20 Å². The molecule has 1 unspecified atom stereocenters. The van der Waals surface area contributed by atoms with Gasteiger partial charge in [0.15, 0.2) is 0 Å². The van der Waals surface area contributed by atoms with E-state index in [1.54, 1.807) is 19.4 Å². The van der Waals surface area contributed by atoms with E-state index in [2.05, 4.69) is 10.4 Å². The Morgan fingerprint density at radius 3 is 2.72 bits per heavy atom. The van der Waals surface area contributed by atoms with Crippen LogP contribution in [0.15, 0.2) is 42.6 Å². The van der Waals surface area contributed by atoms with E-state index in [1.807, 2.05) is 30.3 Å². The van der Waals surface area contributed by atoms with Crippen LogP contribution in [0, 0.1) is 0 Å². The molecule has 0 saturated carbocycles. The number of hydrogen-bond donors (Lipinski definition) is 2. The summed E-state index contributed by atoms with van der Waals surface area (Å²) < 4.78 is 5.20. The molecule has 5 heteroatoms. The molecule has 0 spiro atoms. The summed E-state index contributed by atoms with van der Waals surface area (Å²) in [5, 5.41) is 0.458. The third kappa shape index (κ3) is 2.79. The molecule has 4 nitrogen and oxygen atoms in total. The minimum absolute atomic E-state index is 0.148. The third-order valence-corrected chi connectivity index (χ3v) is 2.90. The van der Waals surface area contributed by atoms with Gasteiger partial charge in [-0.1, -0.05) is 29.8 Å². The van der Waals surface area contributed by atoms with Gasteiger partial charge in [0.1, 0.15) is 10.9 Å². The normalized spacial score (nSPS) is 12.2. The average Bonchev–Trinajstić information content (AvgIpc) is 2.42. The van der Waals surface area contributed by atoms with Crippen molar-refractivity contribution in [2.45, 2.75) is 6.04 Å². The zero-order chi connectivity index (χ0) is 13.0. The van der Waals surface area contributed by atoms with Gasteiger partial charge in [-0.15, -0.1) is 0 Å². The Kier molecular flexibility index (Phi) is 4.15. The van der Waals surface area contributed by atoms with E-state index in [0.717, 1.165) is 16.9 Å². The Labute approximate surface area is 111 Å². The van der Waals surface area contributed by atoms with E-state index in [-0.39, 0.29) is 6.04 Å². The first kappa shape index (κ1) is 12.8. The van der Waals surface area contributed by atoms with Crippen molar-refractivity contribution < 1.29 is 4.74 Å². The van der Waals surface area contributed by atoms with Crippen molar-refractivity contribution in [1.29, 1.82) is 0 Å². The van der Waals surface area contributed by atoms with Crippen molar-refractivity contribution in [2.24, 2.45) is 5.84 Å². The fraction of sp³-hybridized carbons (Fsp3) is 0.154. The quantitative estimate of drug-likeness (QED) is 0.505. The van der Waals surface area contributed by atoms with Crippen molar-refractivity contribution >= 4 is 11.6 Å². The molecule has 0 fully saturated rings. The molecule has 2 aromatic rings. The summed E-state index contributed by atoms with van der Waals surface area (Å²) in [5.74, 6) is 6.40. The van der Waals surface area contributed by atoms with Crippen LogP contribution in [0.4, 0.5) is 0 Å². The van der Waals surface area contributed by atoms with E-state index in [4.69, 9.17) is 22.2 Å². The number of pyridine rings is 1. The highest BCUT2D eigenvalue weighted by atomic mass is 35.5. The number of halogens is 1. The van der Waals surface area contributed by atoms with Gasteiger partial charge in [-0.3, -0.25) is 5.84 Å². The first-order valence-corrected chi connectivity index (χ1v) is 5.84. The van der Waals surface area contributed by atoms with Crippen molar-refractivity contribution in [3.05, 3.63) is 58.9 Å². The standard InChI is InChI=1S/C13H14ClN3O/c1-18-11-4-2-3-9(7-11)13(17-15)10-5-6-12(14)16-8-10/h2-8,13,17H,15H2,1H3. The number of methoxy groups -OCH3 is 1. The molecule has 0 aliphatic carbocycles. The molecular formula is C13H14ClN3O. The lowest BCUT2D eigenvalue weighted by Crippen LogP contribution is -2.28. The van der Waals surface area contributed by atoms with E-state index >= 15 is 0 Å². The second kappa shape index (κ2) is 5.82. The van der Waals surface area contributed by atoms with E-state index in [0.29, 0.717) is 5.15 Å². The summed E-state index contributed by atoms with van der Waals surface area (Å²) in [4.78, 5) is 4.05. The minimum atomic E-state index is -0.148. The SMILES string of the molecule is COc1cccc(C(NN)c2ccc(Cl)nc2)c1. The van der Waals surface area contributed by atoms with Crippen LogP contribution in [0.5, 0.6) is 5.75 Å². The minimum Gasteiger partial charge on any atom is -0.497 e. The van der Waals surface area contributed by atoms with Crippen LogP contribution in [-0.4, -0.2) is 12.1 Å². The molecule has 0 amide bonds. The lowest BCUT2D eigenvalue weighted by molar-refractivity contribution is 0.413. The molecule has 1 aromatic heterocycles. The molecular weight excluding hydrogens is 250 g/mol. The second-order valence-electron chi connectivity index (χ2n) is 3.79. The Morgan fingerprint density at radius 2 is 2.11 bits per heavy atom. The fourth-order valence-electron chi connectivity index (χ4n) is 1.76. The third-order valence-electron chi connectivity index (χ3n) is 2.68. The molecule has 1 aromatic carbocycles. The Morgan fingerprint density at radius 1 is 1.28 bits per heavy atom. The molecule has 0 aliphatic heterocycles. The molecule has 0 bridgehead atoms. The lowest BCUT2D eigenvalue weighted by Gasteiger charge is -2.17. The topological polar surface area (TPSA) is 60.2 Å². The Balaban J connectivity index is 2.35. The maximum absolute atomic E-state index is 5.77. The van der Waals surface area contributed by atoms with E-state index in [9.17, 15) is 0 Å².